The molecule has 1 heterocycles. The summed E-state index contributed by atoms with van der Waals surface area (Å²) in [6, 6.07) is 13.2. The van der Waals surface area contributed by atoms with Gasteiger partial charge in [-0.05, 0) is 43.7 Å². The Bertz CT molecular complexity index is 852. The van der Waals surface area contributed by atoms with Crippen molar-refractivity contribution >= 4 is 23.4 Å². The number of hydrogen-bond acceptors (Lipinski definition) is 3. The first-order valence-corrected chi connectivity index (χ1v) is 7.76. The van der Waals surface area contributed by atoms with Gasteiger partial charge in [0, 0.05) is 12.2 Å². The van der Waals surface area contributed by atoms with E-state index in [2.05, 4.69) is 6.58 Å². The first-order chi connectivity index (χ1) is 11.4. The number of fused-ring (bicyclic) bond motifs is 1. The summed E-state index contributed by atoms with van der Waals surface area (Å²) in [5.41, 5.74) is 10.1. The van der Waals surface area contributed by atoms with Gasteiger partial charge < -0.3 is 10.5 Å². The Morgan fingerprint density at radius 2 is 2.08 bits per heavy atom. The van der Waals surface area contributed by atoms with Crippen molar-refractivity contribution in [2.75, 3.05) is 17.2 Å². The molecule has 0 fully saturated rings. The maximum atomic E-state index is 12.9. The Morgan fingerprint density at radius 3 is 2.79 bits per heavy atom. The third-order valence-electron chi connectivity index (χ3n) is 3.72. The second-order valence-electron chi connectivity index (χ2n) is 6.10. The van der Waals surface area contributed by atoms with Crippen LogP contribution in [-0.4, -0.2) is 12.5 Å². The van der Waals surface area contributed by atoms with Crippen LogP contribution in [0.15, 0.2) is 60.4 Å². The van der Waals surface area contributed by atoms with Crippen LogP contribution in [0.4, 0.5) is 11.4 Å². The van der Waals surface area contributed by atoms with Crippen molar-refractivity contribution in [2.24, 2.45) is 0 Å². The molecule has 0 spiro atoms. The van der Waals surface area contributed by atoms with E-state index in [1.165, 1.54) is 0 Å². The second kappa shape index (κ2) is 6.24. The zero-order valence-corrected chi connectivity index (χ0v) is 13.9. The lowest BCUT2D eigenvalue weighted by atomic mass is 10.1. The topological polar surface area (TPSA) is 55.6 Å². The summed E-state index contributed by atoms with van der Waals surface area (Å²) in [6.45, 7) is 8.23. The number of benzene rings is 2. The minimum absolute atomic E-state index is 0.197. The molecule has 3 rings (SSSR count). The third kappa shape index (κ3) is 3.18. The monoisotopic (exact) mass is 320 g/mol. The van der Waals surface area contributed by atoms with E-state index in [1.807, 2.05) is 38.1 Å². The smallest absolute Gasteiger partial charge is 0.294 e. The van der Waals surface area contributed by atoms with E-state index in [-0.39, 0.29) is 5.91 Å². The molecule has 0 unspecified atom stereocenters. The molecule has 4 heteroatoms. The number of amides is 1. The van der Waals surface area contributed by atoms with Crippen LogP contribution in [0.2, 0.25) is 0 Å². The van der Waals surface area contributed by atoms with Crippen molar-refractivity contribution < 1.29 is 9.53 Å². The number of nitrogen functional groups attached to an aromatic ring is 1. The van der Waals surface area contributed by atoms with Crippen LogP contribution in [0.25, 0.3) is 6.08 Å². The quantitative estimate of drug-likeness (QED) is 0.530. The van der Waals surface area contributed by atoms with E-state index >= 15 is 0 Å². The van der Waals surface area contributed by atoms with E-state index in [0.717, 1.165) is 16.7 Å². The van der Waals surface area contributed by atoms with Crippen LogP contribution in [0, 0.1) is 6.92 Å². The Kier molecular flexibility index (Phi) is 4.13. The van der Waals surface area contributed by atoms with Gasteiger partial charge in [-0.1, -0.05) is 42.0 Å². The van der Waals surface area contributed by atoms with Gasteiger partial charge >= 0.3 is 0 Å². The second-order valence-corrected chi connectivity index (χ2v) is 6.10. The SMILES string of the molecule is C=C(C)CN1C(=O)/C(=C\c2cccc(C)c2)Oc2ccc(N)cc21. The minimum atomic E-state index is -0.197. The van der Waals surface area contributed by atoms with E-state index < -0.39 is 0 Å². The van der Waals surface area contributed by atoms with Crippen LogP contribution in [0.3, 0.4) is 0 Å². The van der Waals surface area contributed by atoms with Gasteiger partial charge in [0.15, 0.2) is 11.5 Å². The Labute approximate surface area is 141 Å². The molecule has 122 valence electrons. The first kappa shape index (κ1) is 15.9. The fourth-order valence-electron chi connectivity index (χ4n) is 2.67. The predicted molar refractivity (Wildman–Crippen MR) is 97.8 cm³/mol. The summed E-state index contributed by atoms with van der Waals surface area (Å²) < 4.78 is 5.84. The van der Waals surface area contributed by atoms with E-state index in [4.69, 9.17) is 10.5 Å². The molecule has 0 saturated carbocycles. The highest BCUT2D eigenvalue weighted by molar-refractivity contribution is 6.10. The Hall–Kier alpha value is -3.01. The van der Waals surface area contributed by atoms with Crippen LogP contribution >= 0.6 is 0 Å². The molecule has 2 N–H and O–H groups in total. The van der Waals surface area contributed by atoms with Crippen LogP contribution in [0.1, 0.15) is 18.1 Å². The van der Waals surface area contributed by atoms with Gasteiger partial charge in [-0.15, -0.1) is 0 Å². The molecule has 1 aliphatic heterocycles. The number of nitrogens with two attached hydrogens (primary N) is 1. The van der Waals surface area contributed by atoms with E-state index in [1.54, 1.807) is 29.2 Å². The fourth-order valence-corrected chi connectivity index (χ4v) is 2.67. The summed E-state index contributed by atoms with van der Waals surface area (Å²) in [5.74, 6) is 0.709. The molecule has 0 bridgehead atoms. The number of rotatable bonds is 3. The van der Waals surface area contributed by atoms with Crippen molar-refractivity contribution in [3.63, 3.8) is 0 Å². The molecule has 1 amide bonds. The number of anilines is 2. The van der Waals surface area contributed by atoms with E-state index in [9.17, 15) is 4.79 Å². The lowest BCUT2D eigenvalue weighted by molar-refractivity contribution is -0.117. The van der Waals surface area contributed by atoms with Gasteiger partial charge in [-0.3, -0.25) is 9.69 Å². The highest BCUT2D eigenvalue weighted by Gasteiger charge is 2.30. The van der Waals surface area contributed by atoms with Crippen molar-refractivity contribution in [3.8, 4) is 5.75 Å². The molecule has 0 saturated heterocycles. The maximum Gasteiger partial charge on any atom is 0.294 e. The van der Waals surface area contributed by atoms with Crippen molar-refractivity contribution in [1.29, 1.82) is 0 Å². The molecule has 24 heavy (non-hydrogen) atoms. The number of nitrogens with zero attached hydrogens (tertiary/aromatic N) is 1. The number of aryl methyl sites for hydroxylation is 1. The lowest BCUT2D eigenvalue weighted by Gasteiger charge is -2.31. The lowest BCUT2D eigenvalue weighted by Crippen LogP contribution is -2.38. The molecule has 2 aromatic rings. The Balaban J connectivity index is 2.06. The normalized spacial score (nSPS) is 15.2. The number of hydrogen-bond donors (Lipinski definition) is 1. The van der Waals surface area contributed by atoms with Gasteiger partial charge in [0.05, 0.1) is 5.69 Å². The van der Waals surface area contributed by atoms with Gasteiger partial charge in [0.2, 0.25) is 0 Å². The molecule has 1 aliphatic rings. The molecule has 0 atom stereocenters. The van der Waals surface area contributed by atoms with Gasteiger partial charge in [0.1, 0.15) is 0 Å². The van der Waals surface area contributed by atoms with E-state index in [0.29, 0.717) is 29.4 Å². The van der Waals surface area contributed by atoms with Crippen molar-refractivity contribution in [2.45, 2.75) is 13.8 Å². The van der Waals surface area contributed by atoms with Gasteiger partial charge in [-0.2, -0.15) is 0 Å². The molecule has 0 aliphatic carbocycles. The third-order valence-corrected chi connectivity index (χ3v) is 3.72. The Morgan fingerprint density at radius 1 is 1.29 bits per heavy atom. The molecule has 0 radical (unpaired) electrons. The standard InChI is InChI=1S/C20H20N2O2/c1-13(2)12-22-17-11-16(21)7-8-18(17)24-19(20(22)23)10-15-6-4-5-14(3)9-15/h4-11H,1,12,21H2,2-3H3/b19-10+. The molecule has 0 aromatic heterocycles. The summed E-state index contributed by atoms with van der Waals surface area (Å²) in [7, 11) is 0. The summed E-state index contributed by atoms with van der Waals surface area (Å²) in [4.78, 5) is 14.5. The zero-order chi connectivity index (χ0) is 17.3. The van der Waals surface area contributed by atoms with Crippen molar-refractivity contribution in [1.82, 2.24) is 0 Å². The number of carbonyl (C=O) groups excluding carboxylic acids is 1. The summed E-state index contributed by atoms with van der Waals surface area (Å²) in [5, 5.41) is 0. The molecular formula is C20H20N2O2. The predicted octanol–water partition coefficient (Wildman–Crippen LogP) is 3.92. The highest BCUT2D eigenvalue weighted by atomic mass is 16.5. The van der Waals surface area contributed by atoms with Crippen LogP contribution < -0.4 is 15.4 Å². The summed E-state index contributed by atoms with van der Waals surface area (Å²) >= 11 is 0. The fraction of sp³-hybridized carbons (Fsp3) is 0.150. The first-order valence-electron chi connectivity index (χ1n) is 7.76. The van der Waals surface area contributed by atoms with Crippen molar-refractivity contribution in [3.05, 3.63) is 71.5 Å². The molecule has 4 nitrogen and oxygen atoms in total. The van der Waals surface area contributed by atoms with Gasteiger partial charge in [-0.25, -0.2) is 0 Å². The highest BCUT2D eigenvalue weighted by Crippen LogP contribution is 2.37. The average Bonchev–Trinajstić information content (AvgIpc) is 2.52. The van der Waals surface area contributed by atoms with Gasteiger partial charge in [0.25, 0.3) is 5.91 Å². The zero-order valence-electron chi connectivity index (χ0n) is 13.9. The minimum Gasteiger partial charge on any atom is -0.449 e. The maximum absolute atomic E-state index is 12.9. The molecule has 2 aromatic carbocycles. The molecular weight excluding hydrogens is 300 g/mol. The number of carbonyl (C=O) groups is 1. The number of ether oxygens (including phenoxy) is 1. The van der Waals surface area contributed by atoms with Crippen LogP contribution in [-0.2, 0) is 4.79 Å². The largest absolute Gasteiger partial charge is 0.449 e. The average molecular weight is 320 g/mol. The summed E-state index contributed by atoms with van der Waals surface area (Å²) in [6.07, 6.45) is 1.76. The van der Waals surface area contributed by atoms with Crippen LogP contribution in [0.5, 0.6) is 5.75 Å².